The average Bonchev–Trinajstić information content (AvgIpc) is 3.51. The van der Waals surface area contributed by atoms with E-state index < -0.39 is 10.0 Å². The van der Waals surface area contributed by atoms with Crippen molar-refractivity contribution in [1.82, 2.24) is 19.7 Å². The van der Waals surface area contributed by atoms with Gasteiger partial charge in [0.25, 0.3) is 15.9 Å². The summed E-state index contributed by atoms with van der Waals surface area (Å²) in [6, 6.07) is 21.9. The van der Waals surface area contributed by atoms with Gasteiger partial charge in [-0.05, 0) is 43.7 Å². The normalized spacial score (nSPS) is 11.5. The smallest absolute Gasteiger partial charge is 0.278 e. The van der Waals surface area contributed by atoms with E-state index in [0.717, 1.165) is 22.3 Å². The van der Waals surface area contributed by atoms with Crippen LogP contribution in [0.25, 0.3) is 23.0 Å². The molecule has 5 rings (SSSR count). The van der Waals surface area contributed by atoms with Gasteiger partial charge in [0.15, 0.2) is 0 Å². The number of hydrogen-bond donors (Lipinski definition) is 1. The minimum absolute atomic E-state index is 0.227. The Balaban J connectivity index is 1.25. The van der Waals surface area contributed by atoms with Crippen molar-refractivity contribution in [2.45, 2.75) is 25.3 Å². The first-order valence-electron chi connectivity index (χ1n) is 11.0. The molecule has 35 heavy (non-hydrogen) atoms. The summed E-state index contributed by atoms with van der Waals surface area (Å²) in [5.74, 6) is 0.860. The molecule has 0 aliphatic heterocycles. The fourth-order valence-electron chi connectivity index (χ4n) is 3.52. The number of rotatable bonds is 7. The molecule has 0 saturated carbocycles. The van der Waals surface area contributed by atoms with Crippen molar-refractivity contribution in [3.05, 3.63) is 102 Å². The molecule has 2 heterocycles. The Bertz CT molecular complexity index is 1550. The van der Waals surface area contributed by atoms with E-state index in [1.54, 1.807) is 42.7 Å². The number of anilines is 1. The van der Waals surface area contributed by atoms with Crippen molar-refractivity contribution in [2.24, 2.45) is 0 Å². The number of benzene rings is 3. The molecule has 0 atom stereocenters. The van der Waals surface area contributed by atoms with Crippen molar-refractivity contribution in [1.29, 1.82) is 0 Å². The maximum atomic E-state index is 12.6. The van der Waals surface area contributed by atoms with E-state index in [9.17, 15) is 8.42 Å². The monoisotopic (exact) mass is 485 g/mol. The zero-order valence-electron chi connectivity index (χ0n) is 19.2. The minimum Gasteiger partial charge on any atom is -0.332 e. The van der Waals surface area contributed by atoms with E-state index in [1.807, 2.05) is 61.0 Å². The lowest BCUT2D eigenvalue weighted by atomic mass is 10.1. The molecule has 5 aromatic rings. The second kappa shape index (κ2) is 9.19. The van der Waals surface area contributed by atoms with Crippen LogP contribution >= 0.6 is 0 Å². The Morgan fingerprint density at radius 2 is 1.54 bits per heavy atom. The fourth-order valence-corrected chi connectivity index (χ4v) is 4.58. The van der Waals surface area contributed by atoms with E-state index in [2.05, 4.69) is 19.8 Å². The third-order valence-corrected chi connectivity index (χ3v) is 6.89. The highest BCUT2D eigenvalue weighted by Crippen LogP contribution is 2.22. The summed E-state index contributed by atoms with van der Waals surface area (Å²) >= 11 is 0. The van der Waals surface area contributed by atoms with E-state index in [4.69, 9.17) is 4.52 Å². The van der Waals surface area contributed by atoms with Crippen LogP contribution in [0.1, 0.15) is 16.7 Å². The van der Waals surface area contributed by atoms with Gasteiger partial charge in [-0.3, -0.25) is 4.72 Å². The molecule has 1 N–H and O–H groups in total. The molecule has 3 aromatic carbocycles. The maximum Gasteiger partial charge on any atom is 0.278 e. The third-order valence-electron chi connectivity index (χ3n) is 5.49. The van der Waals surface area contributed by atoms with Gasteiger partial charge in [0.05, 0.1) is 11.2 Å². The molecule has 9 heteroatoms. The van der Waals surface area contributed by atoms with Crippen LogP contribution in [0.4, 0.5) is 5.69 Å². The second-order valence-electron chi connectivity index (χ2n) is 8.34. The van der Waals surface area contributed by atoms with E-state index in [-0.39, 0.29) is 4.90 Å². The second-order valence-corrected chi connectivity index (χ2v) is 10.0. The number of nitrogens with zero attached hydrogens (tertiary/aromatic N) is 4. The summed E-state index contributed by atoms with van der Waals surface area (Å²) in [6.07, 6.45) is 3.53. The van der Waals surface area contributed by atoms with Gasteiger partial charge >= 0.3 is 0 Å². The van der Waals surface area contributed by atoms with Crippen molar-refractivity contribution < 1.29 is 12.9 Å². The van der Waals surface area contributed by atoms with Crippen LogP contribution in [0.15, 0.2) is 94.7 Å². The van der Waals surface area contributed by atoms with Gasteiger partial charge in [-0.15, -0.1) is 0 Å². The summed E-state index contributed by atoms with van der Waals surface area (Å²) in [5.41, 5.74) is 5.10. The molecule has 0 amide bonds. The van der Waals surface area contributed by atoms with Gasteiger partial charge in [-0.1, -0.05) is 64.8 Å². The largest absolute Gasteiger partial charge is 0.332 e. The van der Waals surface area contributed by atoms with E-state index >= 15 is 0 Å². The summed E-state index contributed by atoms with van der Waals surface area (Å²) < 4.78 is 35.1. The molecule has 0 fully saturated rings. The fraction of sp³-hybridized carbons (Fsp3) is 0.115. The highest BCUT2D eigenvalue weighted by Gasteiger charge is 2.15. The molecule has 0 saturated heterocycles. The van der Waals surface area contributed by atoms with Gasteiger partial charge in [-0.2, -0.15) is 4.98 Å². The lowest BCUT2D eigenvalue weighted by Crippen LogP contribution is -2.12. The van der Waals surface area contributed by atoms with Gasteiger partial charge in [0.2, 0.25) is 5.82 Å². The highest BCUT2D eigenvalue weighted by molar-refractivity contribution is 7.92. The van der Waals surface area contributed by atoms with Crippen molar-refractivity contribution >= 4 is 15.7 Å². The van der Waals surface area contributed by atoms with Crippen LogP contribution in [-0.2, 0) is 16.6 Å². The average molecular weight is 486 g/mol. The minimum atomic E-state index is -3.64. The SMILES string of the molecule is Cc1ccc(-c2noc(-c3cn(Cc4ccc(NS(=O)(=O)c5ccc(C)cc5)cc4)cn3)n2)cc1. The molecule has 0 radical (unpaired) electrons. The Kier molecular flexibility index (Phi) is 5.92. The predicted octanol–water partition coefficient (Wildman–Crippen LogP) is 5.07. The standard InChI is InChI=1S/C26H23N5O3S/c1-18-3-9-21(10-4-18)25-28-26(34-29-25)24-16-31(17-27-24)15-20-7-11-22(12-8-20)30-35(32,33)23-13-5-19(2)6-14-23/h3-14,16-17,30H,15H2,1-2H3. The lowest BCUT2D eigenvalue weighted by Gasteiger charge is -2.09. The van der Waals surface area contributed by atoms with Crippen LogP contribution in [0, 0.1) is 13.8 Å². The molecular weight excluding hydrogens is 462 g/mol. The van der Waals surface area contributed by atoms with Crippen molar-refractivity contribution in [2.75, 3.05) is 4.72 Å². The quantitative estimate of drug-likeness (QED) is 0.345. The first kappa shape index (κ1) is 22.5. The number of hydrogen-bond acceptors (Lipinski definition) is 6. The number of sulfonamides is 1. The molecule has 0 bridgehead atoms. The van der Waals surface area contributed by atoms with Crippen LogP contribution in [0.3, 0.4) is 0 Å². The molecule has 2 aromatic heterocycles. The molecule has 0 unspecified atom stereocenters. The summed E-state index contributed by atoms with van der Waals surface area (Å²) in [5, 5.41) is 4.06. The Morgan fingerprint density at radius 3 is 2.23 bits per heavy atom. The van der Waals surface area contributed by atoms with Gasteiger partial charge < -0.3 is 9.09 Å². The van der Waals surface area contributed by atoms with Crippen LogP contribution in [-0.4, -0.2) is 28.1 Å². The molecule has 176 valence electrons. The van der Waals surface area contributed by atoms with E-state index in [1.165, 1.54) is 0 Å². The zero-order chi connectivity index (χ0) is 24.4. The van der Waals surface area contributed by atoms with Crippen molar-refractivity contribution in [3.8, 4) is 23.0 Å². The summed E-state index contributed by atoms with van der Waals surface area (Å²) in [4.78, 5) is 9.07. The van der Waals surface area contributed by atoms with Gasteiger partial charge in [-0.25, -0.2) is 13.4 Å². The maximum absolute atomic E-state index is 12.6. The van der Waals surface area contributed by atoms with Gasteiger partial charge in [0.1, 0.15) is 5.69 Å². The van der Waals surface area contributed by atoms with Crippen LogP contribution in [0.2, 0.25) is 0 Å². The Labute approximate surface area is 203 Å². The zero-order valence-corrected chi connectivity index (χ0v) is 20.0. The summed E-state index contributed by atoms with van der Waals surface area (Å²) in [7, 11) is -3.64. The first-order chi connectivity index (χ1) is 16.9. The van der Waals surface area contributed by atoms with Gasteiger partial charge in [0, 0.05) is 24.0 Å². The first-order valence-corrected chi connectivity index (χ1v) is 12.5. The highest BCUT2D eigenvalue weighted by atomic mass is 32.2. The molecule has 0 spiro atoms. The molecule has 0 aliphatic rings. The number of aromatic nitrogens is 4. The third kappa shape index (κ3) is 5.15. The lowest BCUT2D eigenvalue weighted by molar-refractivity contribution is 0.431. The molecule has 0 aliphatic carbocycles. The Morgan fingerprint density at radius 1 is 0.886 bits per heavy atom. The Hall–Kier alpha value is -4.24. The van der Waals surface area contributed by atoms with Crippen molar-refractivity contribution in [3.63, 3.8) is 0 Å². The summed E-state index contributed by atoms with van der Waals surface area (Å²) in [6.45, 7) is 4.49. The number of aryl methyl sites for hydroxylation is 2. The number of imidazole rings is 1. The van der Waals surface area contributed by atoms with E-state index in [0.29, 0.717) is 29.6 Å². The predicted molar refractivity (Wildman–Crippen MR) is 133 cm³/mol. The van der Waals surface area contributed by atoms with Crippen LogP contribution < -0.4 is 4.72 Å². The van der Waals surface area contributed by atoms with Crippen LogP contribution in [0.5, 0.6) is 0 Å². The molecular formula is C26H23N5O3S. The topological polar surface area (TPSA) is 103 Å². The molecule has 8 nitrogen and oxygen atoms in total. The number of nitrogens with one attached hydrogen (secondary N) is 1.